The van der Waals surface area contributed by atoms with Gasteiger partial charge in [-0.1, -0.05) is 0 Å². The summed E-state index contributed by atoms with van der Waals surface area (Å²) in [5.74, 6) is -0.473. The Bertz CT molecular complexity index is 765. The van der Waals surface area contributed by atoms with Crippen LogP contribution < -0.4 is 10.1 Å². The minimum atomic E-state index is -4.43. The summed E-state index contributed by atoms with van der Waals surface area (Å²) >= 11 is 0. The molecular weight excluding hydrogens is 337 g/mol. The topological polar surface area (TPSA) is 77.0 Å². The monoisotopic (exact) mass is 354 g/mol. The number of halogens is 3. The lowest BCUT2D eigenvalue weighted by Crippen LogP contribution is -2.27. The molecule has 0 saturated heterocycles. The van der Waals surface area contributed by atoms with Crippen LogP contribution in [0, 0.1) is 13.8 Å². The number of alkyl halides is 3. The Balaban J connectivity index is 2.05. The van der Waals surface area contributed by atoms with Gasteiger partial charge in [0.05, 0.1) is 6.04 Å². The number of hydrogen-bond donors (Lipinski definition) is 1. The summed E-state index contributed by atoms with van der Waals surface area (Å²) in [6.07, 6.45) is -1.76. The highest BCUT2D eigenvalue weighted by Gasteiger charge is 2.29. The normalized spacial score (nSPS) is 12.6. The lowest BCUT2D eigenvalue weighted by molar-refractivity contribution is -0.154. The first-order chi connectivity index (χ1) is 11.7. The van der Waals surface area contributed by atoms with E-state index in [9.17, 15) is 18.0 Å². The number of nitrogens with one attached hydrogen (secondary N) is 1. The number of hydrogen-bond acceptors (Lipinski definition) is 5. The van der Waals surface area contributed by atoms with Gasteiger partial charge >= 0.3 is 6.18 Å². The Morgan fingerprint density at radius 2 is 1.96 bits per heavy atom. The summed E-state index contributed by atoms with van der Waals surface area (Å²) in [6.45, 7) is 3.66. The van der Waals surface area contributed by atoms with Crippen molar-refractivity contribution in [2.75, 3.05) is 6.61 Å². The lowest BCUT2D eigenvalue weighted by Gasteiger charge is -2.16. The van der Waals surface area contributed by atoms with E-state index in [0.29, 0.717) is 16.8 Å². The molecule has 0 aliphatic carbocycles. The average Bonchev–Trinajstić information content (AvgIpc) is 2.52. The van der Waals surface area contributed by atoms with Crippen LogP contribution in [-0.4, -0.2) is 33.6 Å². The highest BCUT2D eigenvalue weighted by Crippen LogP contribution is 2.22. The standard InChI is InChI=1S/C16H17F3N4O2/c1-9-4-12(6-20-15(9)25-7-16(17,18)19)11(3)23-14(24)13-5-10(2)21-8-22-13/h4-6,8,11H,7H2,1-3H3,(H,23,24). The van der Waals surface area contributed by atoms with Crippen LogP contribution in [0.5, 0.6) is 5.88 Å². The predicted octanol–water partition coefficient (Wildman–Crippen LogP) is 2.92. The minimum absolute atomic E-state index is 0.0916. The largest absolute Gasteiger partial charge is 0.468 e. The Labute approximate surface area is 142 Å². The zero-order valence-corrected chi connectivity index (χ0v) is 13.9. The fraction of sp³-hybridized carbons (Fsp3) is 0.375. The maximum Gasteiger partial charge on any atom is 0.422 e. The molecule has 2 rings (SSSR count). The van der Waals surface area contributed by atoms with Gasteiger partial charge in [0.1, 0.15) is 12.0 Å². The number of pyridine rings is 1. The number of carbonyl (C=O) groups excluding carboxylic acids is 1. The molecule has 1 N–H and O–H groups in total. The van der Waals surface area contributed by atoms with E-state index in [4.69, 9.17) is 0 Å². The molecule has 0 spiro atoms. The van der Waals surface area contributed by atoms with E-state index >= 15 is 0 Å². The molecule has 2 aromatic rings. The number of ether oxygens (including phenoxy) is 1. The number of rotatable bonds is 5. The van der Waals surface area contributed by atoms with Gasteiger partial charge in [-0.25, -0.2) is 15.0 Å². The maximum absolute atomic E-state index is 12.2. The molecule has 0 aliphatic heterocycles. The third-order valence-electron chi connectivity index (χ3n) is 3.31. The van der Waals surface area contributed by atoms with Gasteiger partial charge in [-0.15, -0.1) is 0 Å². The van der Waals surface area contributed by atoms with E-state index < -0.39 is 18.8 Å². The molecule has 0 saturated carbocycles. The Morgan fingerprint density at radius 3 is 2.56 bits per heavy atom. The van der Waals surface area contributed by atoms with E-state index in [1.807, 2.05) is 0 Å². The molecule has 2 aromatic heterocycles. The molecule has 134 valence electrons. The van der Waals surface area contributed by atoms with Gasteiger partial charge in [0, 0.05) is 17.5 Å². The molecule has 0 radical (unpaired) electrons. The summed E-state index contributed by atoms with van der Waals surface area (Å²) < 4.78 is 41.3. The first-order valence-corrected chi connectivity index (χ1v) is 7.41. The van der Waals surface area contributed by atoms with Gasteiger partial charge in [0.25, 0.3) is 5.91 Å². The SMILES string of the molecule is Cc1cc(C(=O)NC(C)c2cnc(OCC(F)(F)F)c(C)c2)ncn1. The van der Waals surface area contributed by atoms with Gasteiger partial charge in [-0.05, 0) is 38.5 Å². The molecule has 6 nitrogen and oxygen atoms in total. The van der Waals surface area contributed by atoms with Crippen molar-refractivity contribution in [3.63, 3.8) is 0 Å². The van der Waals surface area contributed by atoms with Gasteiger partial charge in [-0.3, -0.25) is 4.79 Å². The summed E-state index contributed by atoms with van der Waals surface area (Å²) in [6, 6.07) is 2.76. The van der Waals surface area contributed by atoms with Crippen LogP contribution in [0.25, 0.3) is 0 Å². The number of nitrogens with zero attached hydrogens (tertiary/aromatic N) is 3. The van der Waals surface area contributed by atoms with E-state index in [1.54, 1.807) is 32.9 Å². The van der Waals surface area contributed by atoms with Gasteiger partial charge in [0.2, 0.25) is 5.88 Å². The molecule has 2 heterocycles. The lowest BCUT2D eigenvalue weighted by atomic mass is 10.1. The van der Waals surface area contributed by atoms with E-state index in [1.165, 1.54) is 12.5 Å². The van der Waals surface area contributed by atoms with Crippen LogP contribution >= 0.6 is 0 Å². The van der Waals surface area contributed by atoms with Gasteiger partial charge < -0.3 is 10.1 Å². The van der Waals surface area contributed by atoms with Crippen molar-refractivity contribution in [3.05, 3.63) is 47.2 Å². The smallest absolute Gasteiger partial charge is 0.422 e. The predicted molar refractivity (Wildman–Crippen MR) is 83.2 cm³/mol. The number of aromatic nitrogens is 3. The van der Waals surface area contributed by atoms with Crippen molar-refractivity contribution in [1.82, 2.24) is 20.3 Å². The quantitative estimate of drug-likeness (QED) is 0.893. The minimum Gasteiger partial charge on any atom is -0.468 e. The zero-order chi connectivity index (χ0) is 18.6. The van der Waals surface area contributed by atoms with Crippen molar-refractivity contribution in [3.8, 4) is 5.88 Å². The van der Waals surface area contributed by atoms with Crippen LogP contribution in [0.2, 0.25) is 0 Å². The first-order valence-electron chi connectivity index (χ1n) is 7.41. The van der Waals surface area contributed by atoms with Crippen LogP contribution in [-0.2, 0) is 0 Å². The first kappa shape index (κ1) is 18.6. The third-order valence-corrected chi connectivity index (χ3v) is 3.31. The van der Waals surface area contributed by atoms with Crippen molar-refractivity contribution in [2.24, 2.45) is 0 Å². The summed E-state index contributed by atoms with van der Waals surface area (Å²) in [5, 5.41) is 2.75. The molecule has 1 atom stereocenters. The van der Waals surface area contributed by atoms with Crippen LogP contribution in [0.4, 0.5) is 13.2 Å². The van der Waals surface area contributed by atoms with Crippen LogP contribution in [0.3, 0.4) is 0 Å². The van der Waals surface area contributed by atoms with Crippen molar-refractivity contribution < 1.29 is 22.7 Å². The second kappa shape index (κ2) is 7.45. The Kier molecular flexibility index (Phi) is 5.55. The molecule has 1 unspecified atom stereocenters. The van der Waals surface area contributed by atoms with Gasteiger partial charge in [-0.2, -0.15) is 13.2 Å². The molecule has 0 bridgehead atoms. The molecule has 0 aromatic carbocycles. The number of aryl methyl sites for hydroxylation is 2. The zero-order valence-electron chi connectivity index (χ0n) is 13.9. The Hall–Kier alpha value is -2.71. The van der Waals surface area contributed by atoms with Crippen molar-refractivity contribution >= 4 is 5.91 Å². The molecule has 0 fully saturated rings. The number of amides is 1. The summed E-state index contributed by atoms with van der Waals surface area (Å²) in [4.78, 5) is 23.9. The van der Waals surface area contributed by atoms with E-state index in [-0.39, 0.29) is 17.5 Å². The summed E-state index contributed by atoms with van der Waals surface area (Å²) in [7, 11) is 0. The molecule has 25 heavy (non-hydrogen) atoms. The van der Waals surface area contributed by atoms with Gasteiger partial charge in [0.15, 0.2) is 6.61 Å². The van der Waals surface area contributed by atoms with E-state index in [2.05, 4.69) is 25.0 Å². The van der Waals surface area contributed by atoms with Crippen LogP contribution in [0.15, 0.2) is 24.7 Å². The fourth-order valence-electron chi connectivity index (χ4n) is 2.05. The maximum atomic E-state index is 12.2. The van der Waals surface area contributed by atoms with Crippen molar-refractivity contribution in [1.29, 1.82) is 0 Å². The highest BCUT2D eigenvalue weighted by atomic mass is 19.4. The van der Waals surface area contributed by atoms with E-state index in [0.717, 1.165) is 0 Å². The molecule has 1 amide bonds. The summed E-state index contributed by atoms with van der Waals surface area (Å²) in [5.41, 5.74) is 1.97. The second-order valence-corrected chi connectivity index (χ2v) is 5.53. The second-order valence-electron chi connectivity index (χ2n) is 5.53. The molecular formula is C16H17F3N4O2. The van der Waals surface area contributed by atoms with Crippen molar-refractivity contribution in [2.45, 2.75) is 33.0 Å². The average molecular weight is 354 g/mol. The third kappa shape index (κ3) is 5.40. The van der Waals surface area contributed by atoms with Crippen LogP contribution in [0.1, 0.15) is 40.3 Å². The molecule has 9 heteroatoms. The highest BCUT2D eigenvalue weighted by molar-refractivity contribution is 5.92. The molecule has 0 aliphatic rings. The Morgan fingerprint density at radius 1 is 1.24 bits per heavy atom. The number of carbonyl (C=O) groups is 1. The fourth-order valence-corrected chi connectivity index (χ4v) is 2.05.